The Kier molecular flexibility index (Phi) is 5.50. The van der Waals surface area contributed by atoms with Crippen molar-refractivity contribution in [3.63, 3.8) is 0 Å². The topological polar surface area (TPSA) is 56.1 Å². The molecule has 1 aliphatic rings. The molecule has 7 nitrogen and oxygen atoms in total. The molecule has 1 saturated heterocycles. The third-order valence-electron chi connectivity index (χ3n) is 7.21. The first-order valence-corrected chi connectivity index (χ1v) is 12.1. The summed E-state index contributed by atoms with van der Waals surface area (Å²) >= 11 is 0. The number of likely N-dealkylation sites (tertiary alicyclic amines) is 1. The molecule has 180 valence electrons. The van der Waals surface area contributed by atoms with Crippen molar-refractivity contribution in [3.05, 3.63) is 72.4 Å². The molecule has 0 spiro atoms. The molecule has 8 heteroatoms. The Morgan fingerprint density at radius 3 is 2.64 bits per heavy atom. The van der Waals surface area contributed by atoms with Crippen molar-refractivity contribution in [1.29, 1.82) is 0 Å². The molecule has 0 N–H and O–H groups in total. The number of benzene rings is 2. The minimum atomic E-state index is -0.543. The summed E-state index contributed by atoms with van der Waals surface area (Å²) in [6.07, 6.45) is 8.04. The standard InChI is InChI=1S/C28H26FN7/c1-30-24-7-4-19(13-22(24)29)26-27(20-5-6-23-21(12-20)16-35(3)33-23)31-14-25-28(26)32-17-36(25)15-18-8-10-34(2)11-9-18/h4-7,12-14,16-18H,8-11,15H2,2-3H3. The van der Waals surface area contributed by atoms with Crippen LogP contribution in [-0.4, -0.2) is 49.4 Å². The second-order valence-electron chi connectivity index (χ2n) is 9.71. The minimum absolute atomic E-state index is 0.00464. The zero-order valence-corrected chi connectivity index (χ0v) is 20.3. The maximum absolute atomic E-state index is 14.8. The van der Waals surface area contributed by atoms with Crippen LogP contribution in [-0.2, 0) is 13.6 Å². The lowest BCUT2D eigenvalue weighted by Crippen LogP contribution is -2.31. The van der Waals surface area contributed by atoms with Gasteiger partial charge in [0.15, 0.2) is 0 Å². The van der Waals surface area contributed by atoms with Crippen LogP contribution in [0.5, 0.6) is 0 Å². The van der Waals surface area contributed by atoms with Gasteiger partial charge in [0.2, 0.25) is 5.69 Å². The molecule has 6 rings (SSSR count). The second-order valence-corrected chi connectivity index (χ2v) is 9.71. The van der Waals surface area contributed by atoms with Crippen LogP contribution < -0.4 is 0 Å². The predicted octanol–water partition coefficient (Wildman–Crippen LogP) is 5.68. The maximum Gasteiger partial charge on any atom is 0.222 e. The fourth-order valence-corrected chi connectivity index (χ4v) is 5.23. The van der Waals surface area contributed by atoms with Crippen LogP contribution in [0.3, 0.4) is 0 Å². The van der Waals surface area contributed by atoms with E-state index in [1.165, 1.54) is 12.1 Å². The van der Waals surface area contributed by atoms with Crippen molar-refractivity contribution in [2.45, 2.75) is 19.4 Å². The van der Waals surface area contributed by atoms with E-state index in [2.05, 4.69) is 32.5 Å². The third-order valence-corrected chi connectivity index (χ3v) is 7.21. The molecule has 0 aliphatic carbocycles. The Bertz CT molecular complexity index is 1630. The molecule has 4 heterocycles. The smallest absolute Gasteiger partial charge is 0.222 e. The van der Waals surface area contributed by atoms with E-state index in [0.717, 1.165) is 71.2 Å². The van der Waals surface area contributed by atoms with Crippen molar-refractivity contribution < 1.29 is 4.39 Å². The van der Waals surface area contributed by atoms with Gasteiger partial charge in [0.25, 0.3) is 0 Å². The molecule has 0 saturated carbocycles. The zero-order valence-electron chi connectivity index (χ0n) is 20.3. The van der Waals surface area contributed by atoms with Gasteiger partial charge in [-0.25, -0.2) is 14.2 Å². The number of imidazole rings is 1. The Labute approximate surface area is 208 Å². The van der Waals surface area contributed by atoms with E-state index >= 15 is 0 Å². The van der Waals surface area contributed by atoms with E-state index < -0.39 is 5.82 Å². The largest absolute Gasteiger partial charge is 0.329 e. The van der Waals surface area contributed by atoms with Crippen molar-refractivity contribution in [3.8, 4) is 22.4 Å². The molecule has 0 amide bonds. The number of rotatable bonds is 4. The van der Waals surface area contributed by atoms with E-state index in [-0.39, 0.29) is 5.69 Å². The average molecular weight is 480 g/mol. The minimum Gasteiger partial charge on any atom is -0.329 e. The number of halogens is 1. The molecular formula is C28H26FN7. The molecule has 1 fully saturated rings. The highest BCUT2D eigenvalue weighted by Gasteiger charge is 2.22. The number of aryl methyl sites for hydroxylation is 1. The van der Waals surface area contributed by atoms with Gasteiger partial charge in [-0.1, -0.05) is 18.2 Å². The van der Waals surface area contributed by atoms with E-state index in [1.807, 2.05) is 37.9 Å². The van der Waals surface area contributed by atoms with Gasteiger partial charge in [-0.2, -0.15) is 5.10 Å². The fraction of sp³-hybridized carbons (Fsp3) is 0.286. The van der Waals surface area contributed by atoms with Gasteiger partial charge in [-0.3, -0.25) is 9.67 Å². The summed E-state index contributed by atoms with van der Waals surface area (Å²) in [6.45, 7) is 10.3. The highest BCUT2D eigenvalue weighted by molar-refractivity contribution is 6.00. The predicted molar refractivity (Wildman–Crippen MR) is 139 cm³/mol. The maximum atomic E-state index is 14.8. The molecule has 0 atom stereocenters. The SMILES string of the molecule is [C-]#[N+]c1ccc(-c2c(-c3ccc4nn(C)cc4c3)ncc3c2ncn3CC2CCN(C)CC2)cc1F. The Morgan fingerprint density at radius 1 is 1.06 bits per heavy atom. The first-order chi connectivity index (χ1) is 17.5. The molecule has 3 aromatic heterocycles. The summed E-state index contributed by atoms with van der Waals surface area (Å²) in [5.41, 5.74) is 5.69. The van der Waals surface area contributed by atoms with Crippen LogP contribution in [0.4, 0.5) is 10.1 Å². The quantitative estimate of drug-likeness (QED) is 0.311. The van der Waals surface area contributed by atoms with E-state index in [0.29, 0.717) is 11.5 Å². The average Bonchev–Trinajstić information content (AvgIpc) is 3.46. The Hall–Kier alpha value is -4.09. The first kappa shape index (κ1) is 22.4. The van der Waals surface area contributed by atoms with Crippen LogP contribution in [0, 0.1) is 18.3 Å². The first-order valence-electron chi connectivity index (χ1n) is 12.1. The third kappa shape index (κ3) is 3.91. The molecule has 36 heavy (non-hydrogen) atoms. The van der Waals surface area contributed by atoms with Gasteiger partial charge in [-0.05, 0) is 62.7 Å². The lowest BCUT2D eigenvalue weighted by atomic mass is 9.96. The number of hydrogen-bond donors (Lipinski definition) is 0. The monoisotopic (exact) mass is 479 g/mol. The van der Waals surface area contributed by atoms with E-state index in [9.17, 15) is 4.39 Å². The Balaban J connectivity index is 1.51. The van der Waals surface area contributed by atoms with Crippen LogP contribution in [0.1, 0.15) is 12.8 Å². The number of hydrogen-bond acceptors (Lipinski definition) is 4. The van der Waals surface area contributed by atoms with Crippen molar-refractivity contribution in [2.24, 2.45) is 13.0 Å². The van der Waals surface area contributed by atoms with Gasteiger partial charge in [0.05, 0.1) is 35.8 Å². The van der Waals surface area contributed by atoms with Crippen LogP contribution >= 0.6 is 0 Å². The van der Waals surface area contributed by atoms with Gasteiger partial charge < -0.3 is 9.47 Å². The lowest BCUT2D eigenvalue weighted by Gasteiger charge is -2.29. The molecule has 5 aromatic rings. The number of nitrogens with zero attached hydrogens (tertiary/aromatic N) is 7. The Morgan fingerprint density at radius 2 is 1.86 bits per heavy atom. The summed E-state index contributed by atoms with van der Waals surface area (Å²) in [5.74, 6) is 0.0454. The molecule has 2 aromatic carbocycles. The summed E-state index contributed by atoms with van der Waals surface area (Å²) in [6, 6.07) is 10.8. The van der Waals surface area contributed by atoms with E-state index in [1.54, 1.807) is 10.7 Å². The van der Waals surface area contributed by atoms with E-state index in [4.69, 9.17) is 16.5 Å². The summed E-state index contributed by atoms with van der Waals surface area (Å²) < 4.78 is 18.7. The molecule has 0 bridgehead atoms. The van der Waals surface area contributed by atoms with Crippen LogP contribution in [0.25, 0.3) is 49.2 Å². The number of aromatic nitrogens is 5. The molecule has 1 aliphatic heterocycles. The summed E-state index contributed by atoms with van der Waals surface area (Å²) in [4.78, 5) is 15.4. The highest BCUT2D eigenvalue weighted by atomic mass is 19.1. The summed E-state index contributed by atoms with van der Waals surface area (Å²) in [7, 11) is 4.07. The molecular weight excluding hydrogens is 453 g/mol. The summed E-state index contributed by atoms with van der Waals surface area (Å²) in [5, 5.41) is 5.48. The lowest BCUT2D eigenvalue weighted by molar-refractivity contribution is 0.206. The number of pyridine rings is 1. The van der Waals surface area contributed by atoms with Crippen LogP contribution in [0.2, 0.25) is 0 Å². The number of piperidine rings is 1. The van der Waals surface area contributed by atoms with Crippen molar-refractivity contribution in [1.82, 2.24) is 29.2 Å². The van der Waals surface area contributed by atoms with Gasteiger partial charge in [0, 0.05) is 36.3 Å². The van der Waals surface area contributed by atoms with Gasteiger partial charge in [-0.15, -0.1) is 0 Å². The molecule has 0 unspecified atom stereocenters. The molecule has 0 radical (unpaired) electrons. The highest BCUT2D eigenvalue weighted by Crippen LogP contribution is 2.38. The van der Waals surface area contributed by atoms with Gasteiger partial charge >= 0.3 is 0 Å². The zero-order chi connectivity index (χ0) is 24.8. The second kappa shape index (κ2) is 8.85. The van der Waals surface area contributed by atoms with Gasteiger partial charge in [0.1, 0.15) is 11.3 Å². The van der Waals surface area contributed by atoms with Crippen molar-refractivity contribution in [2.75, 3.05) is 20.1 Å². The van der Waals surface area contributed by atoms with Crippen LogP contribution in [0.15, 0.2) is 55.1 Å². The number of fused-ring (bicyclic) bond motifs is 2. The van der Waals surface area contributed by atoms with Crippen molar-refractivity contribution >= 4 is 27.6 Å². The normalized spacial score (nSPS) is 15.1. The fourth-order valence-electron chi connectivity index (χ4n) is 5.23.